The van der Waals surface area contributed by atoms with Gasteiger partial charge < -0.3 is 20.5 Å². The molecule has 1 aromatic carbocycles. The van der Waals surface area contributed by atoms with Crippen molar-refractivity contribution in [1.82, 2.24) is 9.80 Å². The Morgan fingerprint density at radius 3 is 2.26 bits per heavy atom. The molecule has 6 heteroatoms. The third-order valence-electron chi connectivity index (χ3n) is 4.47. The van der Waals surface area contributed by atoms with Gasteiger partial charge in [0.25, 0.3) is 0 Å². The Hall–Kier alpha value is -1.63. The number of nitrogens with zero attached hydrogens (tertiary/aromatic N) is 2. The summed E-state index contributed by atoms with van der Waals surface area (Å²) in [5, 5.41) is 9.08. The van der Waals surface area contributed by atoms with Crippen LogP contribution in [0.5, 0.6) is 0 Å². The predicted molar refractivity (Wildman–Crippen MR) is 89.4 cm³/mol. The standard InChI is InChI=1S/C17H27N3O3/c1-13(18)14-3-5-15(6-4-14)16(7-12-23-2)19-8-10-20(11-9-19)17(21)22/h3-6,13,16H,7-12,18H2,1-2H3,(H,21,22). The Bertz CT molecular complexity index is 496. The van der Waals surface area contributed by atoms with Crippen LogP contribution < -0.4 is 5.73 Å². The van der Waals surface area contributed by atoms with Crippen molar-refractivity contribution >= 4 is 6.09 Å². The number of hydrogen-bond acceptors (Lipinski definition) is 4. The smallest absolute Gasteiger partial charge is 0.407 e. The molecule has 0 bridgehead atoms. The van der Waals surface area contributed by atoms with Gasteiger partial charge in [-0.3, -0.25) is 4.90 Å². The zero-order valence-corrected chi connectivity index (χ0v) is 13.9. The zero-order chi connectivity index (χ0) is 16.8. The maximum atomic E-state index is 11.0. The van der Waals surface area contributed by atoms with E-state index in [9.17, 15) is 4.79 Å². The van der Waals surface area contributed by atoms with Crippen LogP contribution in [0.15, 0.2) is 24.3 Å². The first-order valence-corrected chi connectivity index (χ1v) is 8.09. The number of hydrogen-bond donors (Lipinski definition) is 2. The van der Waals surface area contributed by atoms with Crippen molar-refractivity contribution < 1.29 is 14.6 Å². The van der Waals surface area contributed by atoms with E-state index >= 15 is 0 Å². The van der Waals surface area contributed by atoms with Gasteiger partial charge in [0, 0.05) is 52.0 Å². The Morgan fingerprint density at radius 1 is 1.22 bits per heavy atom. The molecule has 1 aliphatic heterocycles. The molecule has 2 rings (SSSR count). The minimum atomic E-state index is -0.834. The van der Waals surface area contributed by atoms with E-state index in [0.717, 1.165) is 25.1 Å². The topological polar surface area (TPSA) is 79.0 Å². The second-order valence-electron chi connectivity index (χ2n) is 6.06. The molecule has 1 aromatic rings. The predicted octanol–water partition coefficient (Wildman–Crippen LogP) is 2.08. The minimum absolute atomic E-state index is 0.0283. The van der Waals surface area contributed by atoms with Gasteiger partial charge in [-0.1, -0.05) is 24.3 Å². The summed E-state index contributed by atoms with van der Waals surface area (Å²) in [5.74, 6) is 0. The number of ether oxygens (including phenoxy) is 1. The van der Waals surface area contributed by atoms with Crippen molar-refractivity contribution in [3.05, 3.63) is 35.4 Å². The lowest BCUT2D eigenvalue weighted by atomic mass is 9.98. The first-order chi connectivity index (χ1) is 11.0. The summed E-state index contributed by atoms with van der Waals surface area (Å²) in [6.07, 6.45) is 0.0561. The second kappa shape index (κ2) is 8.29. The first-order valence-electron chi connectivity index (χ1n) is 8.09. The molecule has 128 valence electrons. The molecule has 1 amide bonds. The Labute approximate surface area is 137 Å². The van der Waals surface area contributed by atoms with Crippen molar-refractivity contribution in [1.29, 1.82) is 0 Å². The molecule has 0 spiro atoms. The summed E-state index contributed by atoms with van der Waals surface area (Å²) in [6, 6.07) is 8.68. The number of benzene rings is 1. The SMILES string of the molecule is COCCC(c1ccc(C(C)N)cc1)N1CCN(C(=O)O)CC1. The summed E-state index contributed by atoms with van der Waals surface area (Å²) < 4.78 is 5.25. The number of carboxylic acid groups (broad SMARTS) is 1. The third-order valence-corrected chi connectivity index (χ3v) is 4.47. The van der Waals surface area contributed by atoms with Crippen LogP contribution in [0.25, 0.3) is 0 Å². The number of carbonyl (C=O) groups is 1. The van der Waals surface area contributed by atoms with Gasteiger partial charge in [-0.25, -0.2) is 4.79 Å². The molecule has 1 saturated heterocycles. The molecule has 3 N–H and O–H groups in total. The van der Waals surface area contributed by atoms with Crippen molar-refractivity contribution in [3.63, 3.8) is 0 Å². The summed E-state index contributed by atoms with van der Waals surface area (Å²) in [6.45, 7) is 5.25. The van der Waals surface area contributed by atoms with Crippen LogP contribution in [0, 0.1) is 0 Å². The highest BCUT2D eigenvalue weighted by Gasteiger charge is 2.26. The summed E-state index contributed by atoms with van der Waals surface area (Å²) in [7, 11) is 1.71. The van der Waals surface area contributed by atoms with Crippen LogP contribution >= 0.6 is 0 Å². The first kappa shape index (κ1) is 17.7. The van der Waals surface area contributed by atoms with Crippen molar-refractivity contribution in [3.8, 4) is 0 Å². The zero-order valence-electron chi connectivity index (χ0n) is 13.9. The van der Waals surface area contributed by atoms with Gasteiger partial charge in [0.1, 0.15) is 0 Å². The van der Waals surface area contributed by atoms with Gasteiger partial charge in [-0.15, -0.1) is 0 Å². The van der Waals surface area contributed by atoms with Crippen LogP contribution in [0.2, 0.25) is 0 Å². The molecule has 0 aromatic heterocycles. The van der Waals surface area contributed by atoms with Crippen LogP contribution in [-0.4, -0.2) is 60.9 Å². The summed E-state index contributed by atoms with van der Waals surface area (Å²) in [5.41, 5.74) is 8.27. The number of piperazine rings is 1. The van der Waals surface area contributed by atoms with Crippen LogP contribution in [-0.2, 0) is 4.74 Å². The maximum Gasteiger partial charge on any atom is 0.407 e. The molecule has 0 saturated carbocycles. The monoisotopic (exact) mass is 321 g/mol. The molecule has 1 heterocycles. The number of nitrogens with two attached hydrogens (primary N) is 1. The van der Waals surface area contributed by atoms with Gasteiger partial charge in [0.15, 0.2) is 0 Å². The fraction of sp³-hybridized carbons (Fsp3) is 0.588. The summed E-state index contributed by atoms with van der Waals surface area (Å²) >= 11 is 0. The molecular weight excluding hydrogens is 294 g/mol. The average Bonchev–Trinajstić information content (AvgIpc) is 2.56. The largest absolute Gasteiger partial charge is 0.465 e. The van der Waals surface area contributed by atoms with E-state index < -0.39 is 6.09 Å². The quantitative estimate of drug-likeness (QED) is 0.838. The summed E-state index contributed by atoms with van der Waals surface area (Å²) in [4.78, 5) is 14.9. The molecular formula is C17H27N3O3. The maximum absolute atomic E-state index is 11.0. The third kappa shape index (κ3) is 4.67. The number of rotatable bonds is 6. The Kier molecular flexibility index (Phi) is 6.38. The van der Waals surface area contributed by atoms with E-state index in [1.807, 2.05) is 6.92 Å². The van der Waals surface area contributed by atoms with Crippen LogP contribution in [0.3, 0.4) is 0 Å². The van der Waals surface area contributed by atoms with E-state index in [-0.39, 0.29) is 12.1 Å². The van der Waals surface area contributed by atoms with Gasteiger partial charge in [-0.05, 0) is 24.5 Å². The fourth-order valence-corrected chi connectivity index (χ4v) is 3.04. The highest BCUT2D eigenvalue weighted by molar-refractivity contribution is 5.65. The van der Waals surface area contributed by atoms with E-state index in [1.165, 1.54) is 10.5 Å². The average molecular weight is 321 g/mol. The fourth-order valence-electron chi connectivity index (χ4n) is 3.04. The lowest BCUT2D eigenvalue weighted by Crippen LogP contribution is -2.49. The molecule has 0 aliphatic carbocycles. The van der Waals surface area contributed by atoms with Crippen LogP contribution in [0.1, 0.15) is 36.6 Å². The van der Waals surface area contributed by atoms with Crippen molar-refractivity contribution in [2.45, 2.75) is 25.4 Å². The number of amides is 1. The highest BCUT2D eigenvalue weighted by Crippen LogP contribution is 2.26. The van der Waals surface area contributed by atoms with Gasteiger partial charge in [-0.2, -0.15) is 0 Å². The van der Waals surface area contributed by atoms with Gasteiger partial charge in [0.05, 0.1) is 0 Å². The van der Waals surface area contributed by atoms with E-state index in [4.69, 9.17) is 15.6 Å². The second-order valence-corrected chi connectivity index (χ2v) is 6.06. The lowest BCUT2D eigenvalue weighted by Gasteiger charge is -2.38. The molecule has 2 unspecified atom stereocenters. The van der Waals surface area contributed by atoms with Crippen molar-refractivity contribution in [2.75, 3.05) is 39.9 Å². The minimum Gasteiger partial charge on any atom is -0.465 e. The number of methoxy groups -OCH3 is 1. The van der Waals surface area contributed by atoms with E-state index in [1.54, 1.807) is 7.11 Å². The van der Waals surface area contributed by atoms with Crippen LogP contribution in [0.4, 0.5) is 4.79 Å². The van der Waals surface area contributed by atoms with E-state index in [2.05, 4.69) is 29.2 Å². The molecule has 2 atom stereocenters. The molecule has 6 nitrogen and oxygen atoms in total. The van der Waals surface area contributed by atoms with Gasteiger partial charge >= 0.3 is 6.09 Å². The molecule has 0 radical (unpaired) electrons. The normalized spacial score (nSPS) is 18.7. The lowest BCUT2D eigenvalue weighted by molar-refractivity contribution is 0.0709. The molecule has 23 heavy (non-hydrogen) atoms. The Balaban J connectivity index is 2.09. The Morgan fingerprint density at radius 2 is 1.78 bits per heavy atom. The highest BCUT2D eigenvalue weighted by atomic mass is 16.5. The van der Waals surface area contributed by atoms with Crippen molar-refractivity contribution in [2.24, 2.45) is 5.73 Å². The molecule has 1 fully saturated rings. The van der Waals surface area contributed by atoms with Gasteiger partial charge in [0.2, 0.25) is 0 Å². The van der Waals surface area contributed by atoms with E-state index in [0.29, 0.717) is 19.7 Å². The molecule has 1 aliphatic rings.